The summed E-state index contributed by atoms with van der Waals surface area (Å²) in [6.07, 6.45) is 5.55. The highest BCUT2D eigenvalue weighted by atomic mass is 32.2. The van der Waals surface area contributed by atoms with Gasteiger partial charge in [-0.05, 0) is 49.9 Å². The molecule has 4 rings (SSSR count). The lowest BCUT2D eigenvalue weighted by atomic mass is 10.1. The quantitative estimate of drug-likeness (QED) is 0.690. The minimum atomic E-state index is -3.63. The summed E-state index contributed by atoms with van der Waals surface area (Å²) in [5, 5.41) is 0. The van der Waals surface area contributed by atoms with Crippen LogP contribution in [0.4, 0.5) is 4.39 Å². The van der Waals surface area contributed by atoms with Crippen molar-refractivity contribution in [2.45, 2.75) is 56.0 Å². The lowest BCUT2D eigenvalue weighted by Gasteiger charge is -2.24. The van der Waals surface area contributed by atoms with E-state index in [-0.39, 0.29) is 29.2 Å². The van der Waals surface area contributed by atoms with Crippen LogP contribution in [0.1, 0.15) is 54.4 Å². The van der Waals surface area contributed by atoms with Crippen LogP contribution in [-0.2, 0) is 16.6 Å². The Morgan fingerprint density at radius 1 is 1.00 bits per heavy atom. The normalized spacial score (nSPS) is 18.0. The molecule has 0 unspecified atom stereocenters. The van der Waals surface area contributed by atoms with Gasteiger partial charge in [-0.3, -0.25) is 4.79 Å². The first-order chi connectivity index (χ1) is 14.5. The number of carbonyl (C=O) groups is 1. The minimum absolute atomic E-state index is 0.0722. The van der Waals surface area contributed by atoms with Crippen LogP contribution in [0.25, 0.3) is 0 Å². The van der Waals surface area contributed by atoms with Gasteiger partial charge in [0.15, 0.2) is 0 Å². The first kappa shape index (κ1) is 21.0. The molecule has 1 saturated heterocycles. The van der Waals surface area contributed by atoms with Gasteiger partial charge in [0.05, 0.1) is 4.90 Å². The zero-order valence-corrected chi connectivity index (χ0v) is 17.8. The van der Waals surface area contributed by atoms with Gasteiger partial charge in [-0.2, -0.15) is 4.31 Å². The Hall–Kier alpha value is -2.25. The molecule has 1 aliphatic heterocycles. The molecule has 2 aliphatic rings. The smallest absolute Gasteiger partial charge is 0.254 e. The van der Waals surface area contributed by atoms with E-state index in [0.29, 0.717) is 24.2 Å². The Labute approximate surface area is 177 Å². The molecule has 0 spiro atoms. The second kappa shape index (κ2) is 8.86. The van der Waals surface area contributed by atoms with Gasteiger partial charge >= 0.3 is 0 Å². The summed E-state index contributed by atoms with van der Waals surface area (Å²) in [7, 11) is -3.63. The van der Waals surface area contributed by atoms with Crippen molar-refractivity contribution in [1.29, 1.82) is 0 Å². The van der Waals surface area contributed by atoms with Gasteiger partial charge in [-0.15, -0.1) is 0 Å². The van der Waals surface area contributed by atoms with Crippen LogP contribution in [0.3, 0.4) is 0 Å². The van der Waals surface area contributed by atoms with E-state index < -0.39 is 10.0 Å². The van der Waals surface area contributed by atoms with Gasteiger partial charge in [0.1, 0.15) is 5.82 Å². The van der Waals surface area contributed by atoms with Gasteiger partial charge in [0.25, 0.3) is 5.91 Å². The van der Waals surface area contributed by atoms with Gasteiger partial charge in [0, 0.05) is 36.8 Å². The highest BCUT2D eigenvalue weighted by Crippen LogP contribution is 2.31. The number of hydrogen-bond donors (Lipinski definition) is 0. The zero-order chi connectivity index (χ0) is 21.1. The van der Waals surface area contributed by atoms with E-state index in [2.05, 4.69) is 0 Å². The maximum Gasteiger partial charge on any atom is 0.254 e. The fourth-order valence-electron chi connectivity index (χ4n) is 3.95. The van der Waals surface area contributed by atoms with Crippen LogP contribution in [0.5, 0.6) is 0 Å². The summed E-state index contributed by atoms with van der Waals surface area (Å²) in [4.78, 5) is 15.1. The van der Waals surface area contributed by atoms with Crippen LogP contribution in [0.15, 0.2) is 53.4 Å². The van der Waals surface area contributed by atoms with Crippen molar-refractivity contribution in [3.05, 3.63) is 65.5 Å². The third kappa shape index (κ3) is 4.57. The van der Waals surface area contributed by atoms with Crippen LogP contribution in [0.2, 0.25) is 0 Å². The zero-order valence-electron chi connectivity index (χ0n) is 17.0. The average Bonchev–Trinajstić information content (AvgIpc) is 3.60. The molecular weight excluding hydrogens is 403 g/mol. The van der Waals surface area contributed by atoms with Crippen molar-refractivity contribution >= 4 is 15.9 Å². The fourth-order valence-corrected chi connectivity index (χ4v) is 5.51. The predicted octanol–water partition coefficient (Wildman–Crippen LogP) is 4.20. The highest BCUT2D eigenvalue weighted by Gasteiger charge is 2.34. The number of rotatable bonds is 6. The summed E-state index contributed by atoms with van der Waals surface area (Å²) in [6, 6.07) is 12.8. The summed E-state index contributed by atoms with van der Waals surface area (Å²) < 4.78 is 41.9. The summed E-state index contributed by atoms with van der Waals surface area (Å²) >= 11 is 0. The first-order valence-electron chi connectivity index (χ1n) is 10.6. The van der Waals surface area contributed by atoms with Crippen LogP contribution >= 0.6 is 0 Å². The van der Waals surface area contributed by atoms with E-state index in [1.807, 2.05) is 0 Å². The topological polar surface area (TPSA) is 57.7 Å². The molecule has 0 atom stereocenters. The number of hydrogen-bond acceptors (Lipinski definition) is 3. The van der Waals surface area contributed by atoms with Crippen molar-refractivity contribution < 1.29 is 17.6 Å². The summed E-state index contributed by atoms with van der Waals surface area (Å²) in [5.74, 6) is -0.595. The number of sulfonamides is 1. The van der Waals surface area contributed by atoms with Gasteiger partial charge < -0.3 is 4.90 Å². The molecule has 1 aliphatic carbocycles. The predicted molar refractivity (Wildman–Crippen MR) is 113 cm³/mol. The van der Waals surface area contributed by atoms with E-state index in [4.69, 9.17) is 0 Å². The van der Waals surface area contributed by atoms with E-state index in [9.17, 15) is 17.6 Å². The maximum atomic E-state index is 14.1. The van der Waals surface area contributed by atoms with E-state index in [1.54, 1.807) is 41.3 Å². The summed E-state index contributed by atoms with van der Waals surface area (Å²) in [5.41, 5.74) is 0.792. The molecule has 0 bridgehead atoms. The number of halogens is 1. The third-order valence-corrected chi connectivity index (χ3v) is 7.73. The van der Waals surface area contributed by atoms with E-state index in [1.165, 1.54) is 16.4 Å². The molecule has 0 aromatic heterocycles. The van der Waals surface area contributed by atoms with E-state index in [0.717, 1.165) is 38.5 Å². The number of nitrogens with zero attached hydrogens (tertiary/aromatic N) is 2. The molecule has 160 valence electrons. The molecule has 1 saturated carbocycles. The molecule has 1 heterocycles. The molecule has 0 N–H and O–H groups in total. The average molecular weight is 431 g/mol. The molecule has 30 heavy (non-hydrogen) atoms. The Kier molecular flexibility index (Phi) is 6.20. The lowest BCUT2D eigenvalue weighted by molar-refractivity contribution is 0.0728. The SMILES string of the molecule is O=C(c1cccc(S(=O)(=O)N2CCCCCC2)c1)N(Cc1ccccc1F)C1CC1. The second-order valence-corrected chi connectivity index (χ2v) is 10.0. The van der Waals surface area contributed by atoms with Crippen LogP contribution in [0, 0.1) is 5.82 Å². The minimum Gasteiger partial charge on any atom is -0.331 e. The first-order valence-corrected chi connectivity index (χ1v) is 12.1. The molecule has 2 fully saturated rings. The monoisotopic (exact) mass is 430 g/mol. The van der Waals surface area contributed by atoms with Gasteiger partial charge in [-0.25, -0.2) is 12.8 Å². The molecule has 5 nitrogen and oxygen atoms in total. The van der Waals surface area contributed by atoms with Crippen molar-refractivity contribution in [3.8, 4) is 0 Å². The second-order valence-electron chi connectivity index (χ2n) is 8.10. The van der Waals surface area contributed by atoms with E-state index >= 15 is 0 Å². The van der Waals surface area contributed by atoms with Gasteiger partial charge in [0.2, 0.25) is 10.0 Å². The largest absolute Gasteiger partial charge is 0.331 e. The third-order valence-electron chi connectivity index (χ3n) is 5.83. The number of amides is 1. The Balaban J connectivity index is 1.59. The fraction of sp³-hybridized carbons (Fsp3) is 0.435. The van der Waals surface area contributed by atoms with Crippen molar-refractivity contribution in [1.82, 2.24) is 9.21 Å². The molecule has 1 amide bonds. The molecule has 0 radical (unpaired) electrons. The van der Waals surface area contributed by atoms with Crippen molar-refractivity contribution in [2.75, 3.05) is 13.1 Å². The highest BCUT2D eigenvalue weighted by molar-refractivity contribution is 7.89. The van der Waals surface area contributed by atoms with Crippen LogP contribution < -0.4 is 0 Å². The Morgan fingerprint density at radius 2 is 1.70 bits per heavy atom. The van der Waals surface area contributed by atoms with Crippen molar-refractivity contribution in [3.63, 3.8) is 0 Å². The summed E-state index contributed by atoms with van der Waals surface area (Å²) in [6.45, 7) is 1.21. The standard InChI is InChI=1S/C23H27FN2O3S/c24-22-11-4-3-8-19(22)17-26(20-12-13-20)23(27)18-9-7-10-21(16-18)30(28,29)25-14-5-1-2-6-15-25/h3-4,7-11,16,20H,1-2,5-6,12-15,17H2. The lowest BCUT2D eigenvalue weighted by Crippen LogP contribution is -2.34. The van der Waals surface area contributed by atoms with Gasteiger partial charge in [-0.1, -0.05) is 37.1 Å². The Bertz CT molecular complexity index is 1010. The maximum absolute atomic E-state index is 14.1. The Morgan fingerprint density at radius 3 is 2.37 bits per heavy atom. The molecular formula is C23H27FN2O3S. The van der Waals surface area contributed by atoms with Crippen molar-refractivity contribution in [2.24, 2.45) is 0 Å². The number of carbonyl (C=O) groups excluding carboxylic acids is 1. The van der Waals surface area contributed by atoms with Crippen LogP contribution in [-0.4, -0.2) is 42.7 Å². The molecule has 7 heteroatoms. The molecule has 2 aromatic rings. The molecule has 2 aromatic carbocycles. The number of benzene rings is 2.